The Bertz CT molecular complexity index is 1140. The van der Waals surface area contributed by atoms with Gasteiger partial charge in [-0.2, -0.15) is 0 Å². The van der Waals surface area contributed by atoms with Gasteiger partial charge in [-0.25, -0.2) is 9.97 Å². The number of anilines is 1. The second-order valence-corrected chi connectivity index (χ2v) is 8.10. The largest absolute Gasteiger partial charge is 0.356 e. The molecule has 4 heterocycles. The number of pyridine rings is 1. The summed E-state index contributed by atoms with van der Waals surface area (Å²) in [6, 6.07) is 16.2. The Hall–Kier alpha value is -3.12. The molecule has 0 aliphatic carbocycles. The van der Waals surface area contributed by atoms with Crippen molar-refractivity contribution in [2.75, 3.05) is 18.0 Å². The summed E-state index contributed by atoms with van der Waals surface area (Å²) in [5.74, 6) is 1.74. The lowest BCUT2D eigenvalue weighted by atomic mass is 9.98. The minimum Gasteiger partial charge on any atom is -0.356 e. The van der Waals surface area contributed by atoms with Crippen LogP contribution in [0.3, 0.4) is 0 Å². The van der Waals surface area contributed by atoms with Crippen molar-refractivity contribution in [1.29, 1.82) is 0 Å². The Morgan fingerprint density at radius 2 is 1.79 bits per heavy atom. The first kappa shape index (κ1) is 17.9. The Morgan fingerprint density at radius 3 is 2.52 bits per heavy atom. The lowest BCUT2D eigenvalue weighted by Gasteiger charge is -2.31. The molecule has 0 amide bonds. The standard InChI is InChI=1S/C23H20N4OS/c28-14-16-9-12-27(13-10-16)22-20-18(17-6-2-1-3-7-17)15-29-23(20)26-21(25-22)19-8-4-5-11-24-19/h1-8,11,14-16H,9-10,12-13H2. The molecular formula is C23H20N4OS. The van der Waals surface area contributed by atoms with E-state index >= 15 is 0 Å². The summed E-state index contributed by atoms with van der Waals surface area (Å²) in [6.07, 6.45) is 4.58. The van der Waals surface area contributed by atoms with Crippen LogP contribution in [-0.4, -0.2) is 34.3 Å². The minimum atomic E-state index is 0.148. The summed E-state index contributed by atoms with van der Waals surface area (Å²) in [5, 5.41) is 3.25. The molecule has 6 heteroatoms. The van der Waals surface area contributed by atoms with Crippen LogP contribution in [0.1, 0.15) is 12.8 Å². The van der Waals surface area contributed by atoms with Gasteiger partial charge in [0.1, 0.15) is 22.6 Å². The number of benzene rings is 1. The molecule has 0 saturated carbocycles. The number of carbonyl (C=O) groups is 1. The molecule has 0 atom stereocenters. The highest BCUT2D eigenvalue weighted by Crippen LogP contribution is 2.40. The van der Waals surface area contributed by atoms with Gasteiger partial charge in [0.2, 0.25) is 0 Å². The van der Waals surface area contributed by atoms with E-state index in [2.05, 4.69) is 39.5 Å². The maximum Gasteiger partial charge on any atom is 0.181 e. The molecule has 0 radical (unpaired) electrons. The molecule has 0 bridgehead atoms. The highest BCUT2D eigenvalue weighted by molar-refractivity contribution is 7.17. The third kappa shape index (κ3) is 3.40. The van der Waals surface area contributed by atoms with Crippen molar-refractivity contribution >= 4 is 33.7 Å². The summed E-state index contributed by atoms with van der Waals surface area (Å²) < 4.78 is 0. The van der Waals surface area contributed by atoms with E-state index in [1.54, 1.807) is 17.5 Å². The van der Waals surface area contributed by atoms with E-state index in [9.17, 15) is 4.79 Å². The number of aldehydes is 1. The van der Waals surface area contributed by atoms with Crippen LogP contribution in [0.4, 0.5) is 5.82 Å². The Balaban J connectivity index is 1.68. The second kappa shape index (κ2) is 7.72. The second-order valence-electron chi connectivity index (χ2n) is 7.24. The van der Waals surface area contributed by atoms with Crippen LogP contribution in [-0.2, 0) is 4.79 Å². The van der Waals surface area contributed by atoms with Gasteiger partial charge in [0.05, 0.1) is 5.39 Å². The van der Waals surface area contributed by atoms with Gasteiger partial charge in [0.25, 0.3) is 0 Å². The topological polar surface area (TPSA) is 59.0 Å². The summed E-state index contributed by atoms with van der Waals surface area (Å²) in [4.78, 5) is 28.7. The third-order valence-corrected chi connectivity index (χ3v) is 6.30. The predicted molar refractivity (Wildman–Crippen MR) is 117 cm³/mol. The molecule has 1 fully saturated rings. The SMILES string of the molecule is O=CC1CCN(c2nc(-c3ccccn3)nc3scc(-c4ccccc4)c23)CC1. The quantitative estimate of drug-likeness (QED) is 0.459. The Kier molecular flexibility index (Phi) is 4.77. The van der Waals surface area contributed by atoms with Gasteiger partial charge < -0.3 is 9.69 Å². The van der Waals surface area contributed by atoms with E-state index in [1.165, 1.54) is 0 Å². The van der Waals surface area contributed by atoms with E-state index in [0.29, 0.717) is 5.82 Å². The lowest BCUT2D eigenvalue weighted by Crippen LogP contribution is -2.35. The summed E-state index contributed by atoms with van der Waals surface area (Å²) in [7, 11) is 0. The van der Waals surface area contributed by atoms with E-state index in [4.69, 9.17) is 9.97 Å². The minimum absolute atomic E-state index is 0.148. The first-order valence-corrected chi connectivity index (χ1v) is 10.7. The summed E-state index contributed by atoms with van der Waals surface area (Å²) >= 11 is 1.64. The molecule has 1 aliphatic rings. The van der Waals surface area contributed by atoms with Crippen LogP contribution in [0.15, 0.2) is 60.1 Å². The number of nitrogens with zero attached hydrogens (tertiary/aromatic N) is 4. The molecule has 0 spiro atoms. The number of carbonyl (C=O) groups excluding carboxylic acids is 1. The van der Waals surface area contributed by atoms with Crippen molar-refractivity contribution in [3.05, 3.63) is 60.1 Å². The predicted octanol–water partition coefficient (Wildman–Crippen LogP) is 4.84. The number of thiophene rings is 1. The molecule has 1 aliphatic heterocycles. The molecule has 1 saturated heterocycles. The van der Waals surface area contributed by atoms with E-state index < -0.39 is 0 Å². The molecule has 29 heavy (non-hydrogen) atoms. The number of hydrogen-bond donors (Lipinski definition) is 0. The van der Waals surface area contributed by atoms with Gasteiger partial charge in [-0.3, -0.25) is 4.98 Å². The fourth-order valence-corrected chi connectivity index (χ4v) is 4.78. The van der Waals surface area contributed by atoms with Gasteiger partial charge in [0, 0.05) is 36.1 Å². The maximum atomic E-state index is 11.2. The highest BCUT2D eigenvalue weighted by atomic mass is 32.1. The fourth-order valence-electron chi connectivity index (χ4n) is 3.84. The zero-order chi connectivity index (χ0) is 19.6. The van der Waals surface area contributed by atoms with Gasteiger partial charge in [-0.1, -0.05) is 36.4 Å². The molecule has 3 aromatic heterocycles. The molecule has 144 valence electrons. The van der Waals surface area contributed by atoms with Crippen LogP contribution < -0.4 is 4.90 Å². The molecule has 5 nitrogen and oxygen atoms in total. The monoisotopic (exact) mass is 400 g/mol. The number of aromatic nitrogens is 3. The maximum absolute atomic E-state index is 11.2. The van der Waals surface area contributed by atoms with Crippen molar-refractivity contribution in [2.45, 2.75) is 12.8 Å². The molecule has 0 unspecified atom stereocenters. The van der Waals surface area contributed by atoms with Crippen molar-refractivity contribution in [2.24, 2.45) is 5.92 Å². The lowest BCUT2D eigenvalue weighted by molar-refractivity contribution is -0.111. The summed E-state index contributed by atoms with van der Waals surface area (Å²) in [6.45, 7) is 1.64. The van der Waals surface area contributed by atoms with Crippen LogP contribution in [0.25, 0.3) is 32.9 Å². The van der Waals surface area contributed by atoms with Crippen LogP contribution in [0.5, 0.6) is 0 Å². The first-order chi connectivity index (χ1) is 14.3. The number of fused-ring (bicyclic) bond motifs is 1. The van der Waals surface area contributed by atoms with Crippen molar-refractivity contribution in [3.8, 4) is 22.6 Å². The summed E-state index contributed by atoms with van der Waals surface area (Å²) in [5.41, 5.74) is 3.09. The normalized spacial score (nSPS) is 15.0. The molecule has 1 aromatic carbocycles. The van der Waals surface area contributed by atoms with Gasteiger partial charge in [0.15, 0.2) is 5.82 Å². The fraction of sp³-hybridized carbons (Fsp3) is 0.217. The van der Waals surface area contributed by atoms with Crippen LogP contribution in [0, 0.1) is 5.92 Å². The van der Waals surface area contributed by atoms with Crippen molar-refractivity contribution in [1.82, 2.24) is 15.0 Å². The van der Waals surface area contributed by atoms with Crippen LogP contribution >= 0.6 is 11.3 Å². The van der Waals surface area contributed by atoms with E-state index in [-0.39, 0.29) is 5.92 Å². The average Bonchev–Trinajstić information content (AvgIpc) is 3.24. The molecular weight excluding hydrogens is 380 g/mol. The third-order valence-electron chi connectivity index (χ3n) is 5.42. The average molecular weight is 401 g/mol. The smallest absolute Gasteiger partial charge is 0.181 e. The first-order valence-electron chi connectivity index (χ1n) is 9.80. The Morgan fingerprint density at radius 1 is 1.00 bits per heavy atom. The molecule has 5 rings (SSSR count). The molecule has 0 N–H and O–H groups in total. The van der Waals surface area contributed by atoms with Gasteiger partial charge in [-0.15, -0.1) is 11.3 Å². The Labute approximate surface area is 173 Å². The van der Waals surface area contributed by atoms with Gasteiger partial charge in [-0.05, 0) is 30.5 Å². The van der Waals surface area contributed by atoms with Crippen LogP contribution in [0.2, 0.25) is 0 Å². The van der Waals surface area contributed by atoms with Crippen molar-refractivity contribution in [3.63, 3.8) is 0 Å². The zero-order valence-corrected chi connectivity index (χ0v) is 16.7. The van der Waals surface area contributed by atoms with E-state index in [0.717, 1.165) is 65.1 Å². The van der Waals surface area contributed by atoms with Gasteiger partial charge >= 0.3 is 0 Å². The highest BCUT2D eigenvalue weighted by Gasteiger charge is 2.25. The molecule has 4 aromatic rings. The van der Waals surface area contributed by atoms with Crippen molar-refractivity contribution < 1.29 is 4.79 Å². The number of rotatable bonds is 4. The zero-order valence-electron chi connectivity index (χ0n) is 15.9. The number of piperidine rings is 1. The number of hydrogen-bond acceptors (Lipinski definition) is 6. The van der Waals surface area contributed by atoms with E-state index in [1.807, 2.05) is 24.3 Å².